The monoisotopic (exact) mass is 572 g/mol. The molecule has 11 heteroatoms. The Labute approximate surface area is 229 Å². The Balaban J connectivity index is 1.89. The highest BCUT2D eigenvalue weighted by molar-refractivity contribution is 7.14. The predicted octanol–water partition coefficient (Wildman–Crippen LogP) is 6.91. The fourth-order valence-corrected chi connectivity index (χ4v) is 5.18. The van der Waals surface area contributed by atoms with Crippen LogP contribution in [0.3, 0.4) is 0 Å². The van der Waals surface area contributed by atoms with Crippen LogP contribution in [0.1, 0.15) is 36.1 Å². The zero-order chi connectivity index (χ0) is 29.4. The molecular weight excluding hydrogens is 551 g/mol. The van der Waals surface area contributed by atoms with Crippen molar-refractivity contribution in [3.05, 3.63) is 104 Å². The molecule has 0 N–H and O–H groups in total. The molecule has 0 saturated heterocycles. The van der Waals surface area contributed by atoms with Crippen molar-refractivity contribution in [1.29, 1.82) is 5.26 Å². The van der Waals surface area contributed by atoms with Gasteiger partial charge in [0.25, 0.3) is 5.56 Å². The average Bonchev–Trinajstić information content (AvgIpc) is 3.40. The lowest BCUT2D eigenvalue weighted by Gasteiger charge is -2.22. The number of pyridine rings is 1. The van der Waals surface area contributed by atoms with Crippen LogP contribution >= 0.6 is 11.3 Å². The van der Waals surface area contributed by atoms with E-state index in [0.717, 1.165) is 28.0 Å². The number of benzene rings is 2. The summed E-state index contributed by atoms with van der Waals surface area (Å²) >= 11 is 1.04. The van der Waals surface area contributed by atoms with Crippen molar-refractivity contribution < 1.29 is 31.5 Å². The molecule has 0 amide bonds. The Hall–Kier alpha value is -4.30. The lowest BCUT2D eigenvalue weighted by molar-refractivity contribution is -0.146. The lowest BCUT2D eigenvalue weighted by atomic mass is 9.83. The first-order valence-electron chi connectivity index (χ1n) is 11.7. The van der Waals surface area contributed by atoms with Gasteiger partial charge in [-0.1, -0.05) is 24.3 Å². The summed E-state index contributed by atoms with van der Waals surface area (Å²) in [6, 6.07) is 13.2. The van der Waals surface area contributed by atoms with E-state index in [4.69, 9.17) is 4.74 Å². The number of carbonyl (C=O) groups is 1. The van der Waals surface area contributed by atoms with Crippen LogP contribution in [0.5, 0.6) is 0 Å². The minimum Gasteiger partial charge on any atom is -0.468 e. The number of aromatic nitrogens is 1. The zero-order valence-electron chi connectivity index (χ0n) is 21.4. The highest BCUT2D eigenvalue weighted by atomic mass is 32.1. The van der Waals surface area contributed by atoms with Gasteiger partial charge in [0, 0.05) is 11.6 Å². The number of nitriles is 1. The third-order valence-corrected chi connectivity index (χ3v) is 7.48. The molecule has 0 aliphatic carbocycles. The molecule has 40 heavy (non-hydrogen) atoms. The highest BCUT2D eigenvalue weighted by Crippen LogP contribution is 2.38. The van der Waals surface area contributed by atoms with Gasteiger partial charge < -0.3 is 9.30 Å². The molecule has 4 aromatic rings. The Kier molecular flexibility index (Phi) is 7.67. The smallest absolute Gasteiger partial charge is 0.417 e. The van der Waals surface area contributed by atoms with E-state index in [1.165, 1.54) is 13.2 Å². The number of thiophene rings is 1. The number of alkyl halides is 3. The standard InChI is InChI=1S/C29H21F5N2O3S/c1-28(2,27(38)39-3)19-6-4-5-16(9-19)18-10-25(40-15-18)24-12-22(29(32,33)34)21(13-35)26(37)36(24)14-17-7-8-20(30)11-23(17)31/h4-12,15H,14H2,1-3H3. The molecule has 0 aliphatic rings. The van der Waals surface area contributed by atoms with Gasteiger partial charge in [0.15, 0.2) is 0 Å². The number of hydrogen-bond donors (Lipinski definition) is 0. The SMILES string of the molecule is COC(=O)C(C)(C)c1cccc(-c2csc(-c3cc(C(F)(F)F)c(C#N)c(=O)n3Cc3ccc(F)cc3F)c2)c1. The summed E-state index contributed by atoms with van der Waals surface area (Å²) in [4.78, 5) is 25.7. The summed E-state index contributed by atoms with van der Waals surface area (Å²) in [5.74, 6) is -2.31. The van der Waals surface area contributed by atoms with Gasteiger partial charge in [-0.3, -0.25) is 9.59 Å². The van der Waals surface area contributed by atoms with Crippen molar-refractivity contribution in [3.8, 4) is 27.8 Å². The molecule has 0 fully saturated rings. The fourth-order valence-electron chi connectivity index (χ4n) is 4.24. The molecule has 206 valence electrons. The van der Waals surface area contributed by atoms with Crippen LogP contribution in [-0.4, -0.2) is 17.6 Å². The second kappa shape index (κ2) is 10.7. The van der Waals surface area contributed by atoms with Crippen LogP contribution in [0.4, 0.5) is 22.0 Å². The van der Waals surface area contributed by atoms with E-state index in [0.29, 0.717) is 28.8 Å². The normalized spacial score (nSPS) is 11.8. The van der Waals surface area contributed by atoms with Crippen LogP contribution in [-0.2, 0) is 27.7 Å². The number of esters is 1. The number of nitrogens with zero attached hydrogens (tertiary/aromatic N) is 2. The third-order valence-electron chi connectivity index (χ3n) is 6.53. The van der Waals surface area contributed by atoms with Crippen LogP contribution in [0.15, 0.2) is 64.8 Å². The van der Waals surface area contributed by atoms with Crippen LogP contribution in [0.25, 0.3) is 21.7 Å². The molecule has 0 aliphatic heterocycles. The van der Waals surface area contributed by atoms with Crippen molar-refractivity contribution >= 4 is 17.3 Å². The summed E-state index contributed by atoms with van der Waals surface area (Å²) in [6.07, 6.45) is -5.01. The maximum absolute atomic E-state index is 14.5. The summed E-state index contributed by atoms with van der Waals surface area (Å²) in [7, 11) is 1.28. The molecule has 2 aromatic carbocycles. The molecule has 5 nitrogen and oxygen atoms in total. The quantitative estimate of drug-likeness (QED) is 0.186. The summed E-state index contributed by atoms with van der Waals surface area (Å²) < 4.78 is 75.3. The lowest BCUT2D eigenvalue weighted by Crippen LogP contribution is -2.30. The van der Waals surface area contributed by atoms with E-state index >= 15 is 0 Å². The van der Waals surface area contributed by atoms with Crippen LogP contribution in [0, 0.1) is 23.0 Å². The molecule has 0 unspecified atom stereocenters. The van der Waals surface area contributed by atoms with Gasteiger partial charge >= 0.3 is 12.1 Å². The topological polar surface area (TPSA) is 72.1 Å². The molecule has 0 spiro atoms. The summed E-state index contributed by atoms with van der Waals surface area (Å²) in [6.45, 7) is 2.85. The molecule has 0 radical (unpaired) electrons. The molecular formula is C29H21F5N2O3S. The van der Waals surface area contributed by atoms with Gasteiger partial charge in [-0.25, -0.2) is 8.78 Å². The summed E-state index contributed by atoms with van der Waals surface area (Å²) in [5.41, 5.74) is -3.23. The van der Waals surface area contributed by atoms with Crippen molar-refractivity contribution in [2.24, 2.45) is 0 Å². The van der Waals surface area contributed by atoms with Gasteiger partial charge in [-0.05, 0) is 60.2 Å². The van der Waals surface area contributed by atoms with Gasteiger partial charge in [-0.15, -0.1) is 11.3 Å². The maximum Gasteiger partial charge on any atom is 0.417 e. The zero-order valence-corrected chi connectivity index (χ0v) is 22.2. The van der Waals surface area contributed by atoms with E-state index in [9.17, 15) is 36.8 Å². The van der Waals surface area contributed by atoms with Crippen molar-refractivity contribution in [2.45, 2.75) is 32.0 Å². The number of hydrogen-bond acceptors (Lipinski definition) is 5. The van der Waals surface area contributed by atoms with Gasteiger partial charge in [-0.2, -0.15) is 18.4 Å². The molecule has 0 bridgehead atoms. The number of rotatable bonds is 6. The van der Waals surface area contributed by atoms with E-state index < -0.39 is 52.4 Å². The molecule has 2 heterocycles. The summed E-state index contributed by atoms with van der Waals surface area (Å²) in [5, 5.41) is 11.1. The first kappa shape index (κ1) is 28.7. The van der Waals surface area contributed by atoms with Gasteiger partial charge in [0.2, 0.25) is 0 Å². The first-order chi connectivity index (χ1) is 18.8. The molecule has 0 atom stereocenters. The number of carbonyl (C=O) groups excluding carboxylic acids is 1. The van der Waals surface area contributed by atoms with E-state index in [1.807, 2.05) is 0 Å². The minimum atomic E-state index is -5.01. The number of ether oxygens (including phenoxy) is 1. The van der Waals surface area contributed by atoms with Gasteiger partial charge in [0.05, 0.1) is 35.2 Å². The minimum absolute atomic E-state index is 0.150. The second-order valence-electron chi connectivity index (χ2n) is 9.45. The highest BCUT2D eigenvalue weighted by Gasteiger charge is 2.37. The van der Waals surface area contributed by atoms with Crippen LogP contribution in [0.2, 0.25) is 0 Å². The Morgan fingerprint density at radius 3 is 2.40 bits per heavy atom. The van der Waals surface area contributed by atoms with Crippen LogP contribution < -0.4 is 5.56 Å². The Morgan fingerprint density at radius 1 is 1.05 bits per heavy atom. The van der Waals surface area contributed by atoms with Crippen molar-refractivity contribution in [1.82, 2.24) is 4.57 Å². The van der Waals surface area contributed by atoms with E-state index in [1.54, 1.807) is 49.6 Å². The fraction of sp³-hybridized carbons (Fsp3) is 0.207. The molecule has 2 aromatic heterocycles. The first-order valence-corrected chi connectivity index (χ1v) is 12.6. The second-order valence-corrected chi connectivity index (χ2v) is 10.4. The van der Waals surface area contributed by atoms with E-state index in [2.05, 4.69) is 0 Å². The van der Waals surface area contributed by atoms with Gasteiger partial charge in [0.1, 0.15) is 23.3 Å². The number of halogens is 5. The van der Waals surface area contributed by atoms with E-state index in [-0.39, 0.29) is 16.1 Å². The Morgan fingerprint density at radius 2 is 1.77 bits per heavy atom. The van der Waals surface area contributed by atoms with Crippen molar-refractivity contribution in [2.75, 3.05) is 7.11 Å². The number of methoxy groups -OCH3 is 1. The third kappa shape index (κ3) is 5.40. The molecule has 4 rings (SSSR count). The molecule has 0 saturated carbocycles. The predicted molar refractivity (Wildman–Crippen MR) is 140 cm³/mol. The largest absolute Gasteiger partial charge is 0.468 e. The average molecular weight is 573 g/mol. The maximum atomic E-state index is 14.5. The Bertz CT molecular complexity index is 1710. The van der Waals surface area contributed by atoms with Crippen molar-refractivity contribution in [3.63, 3.8) is 0 Å².